The summed E-state index contributed by atoms with van der Waals surface area (Å²) in [6.45, 7) is 3.59. The molecule has 2 aliphatic rings. The molecular formula is C22H26N6O. The van der Waals surface area contributed by atoms with Gasteiger partial charge in [0.05, 0.1) is 18.8 Å². The molecule has 29 heavy (non-hydrogen) atoms. The molecular weight excluding hydrogens is 364 g/mol. The Labute approximate surface area is 170 Å². The predicted octanol–water partition coefficient (Wildman–Crippen LogP) is 2.50. The smallest absolute Gasteiger partial charge is 0.266 e. The van der Waals surface area contributed by atoms with E-state index in [-0.39, 0.29) is 5.56 Å². The van der Waals surface area contributed by atoms with Gasteiger partial charge in [-0.2, -0.15) is 5.10 Å². The number of nitrogens with zero attached hydrogens (tertiary/aromatic N) is 6. The van der Waals surface area contributed by atoms with Gasteiger partial charge in [-0.05, 0) is 56.8 Å². The highest BCUT2D eigenvalue weighted by molar-refractivity contribution is 5.56. The number of likely N-dealkylation sites (tertiary alicyclic amines) is 1. The number of hydrogen-bond donors (Lipinski definition) is 0. The number of imidazole rings is 1. The Bertz CT molecular complexity index is 1040. The van der Waals surface area contributed by atoms with Crippen LogP contribution in [0.1, 0.15) is 37.2 Å². The number of hydrogen-bond acceptors (Lipinski definition) is 5. The molecule has 5 heterocycles. The third-order valence-electron chi connectivity index (χ3n) is 6.14. The first-order valence-electron chi connectivity index (χ1n) is 10.5. The summed E-state index contributed by atoms with van der Waals surface area (Å²) in [6.07, 6.45) is 11.4. The molecule has 7 nitrogen and oxygen atoms in total. The van der Waals surface area contributed by atoms with Crippen LogP contribution >= 0.6 is 0 Å². The average Bonchev–Trinajstić information content (AvgIpc) is 3.38. The zero-order valence-electron chi connectivity index (χ0n) is 16.6. The van der Waals surface area contributed by atoms with E-state index in [1.54, 1.807) is 29.2 Å². The number of aryl methyl sites for hydroxylation is 1. The summed E-state index contributed by atoms with van der Waals surface area (Å²) in [5.41, 5.74) is 3.02. The van der Waals surface area contributed by atoms with E-state index >= 15 is 0 Å². The van der Waals surface area contributed by atoms with Crippen molar-refractivity contribution >= 4 is 0 Å². The molecule has 0 aliphatic carbocycles. The number of pyridine rings is 1. The zero-order valence-corrected chi connectivity index (χ0v) is 16.6. The van der Waals surface area contributed by atoms with E-state index in [0.717, 1.165) is 56.0 Å². The van der Waals surface area contributed by atoms with Gasteiger partial charge in [0.1, 0.15) is 5.82 Å². The second-order valence-electron chi connectivity index (χ2n) is 8.02. The lowest BCUT2D eigenvalue weighted by Gasteiger charge is -2.25. The van der Waals surface area contributed by atoms with Crippen molar-refractivity contribution in [3.63, 3.8) is 0 Å². The van der Waals surface area contributed by atoms with Gasteiger partial charge in [0.25, 0.3) is 5.56 Å². The first kappa shape index (κ1) is 18.2. The van der Waals surface area contributed by atoms with Gasteiger partial charge < -0.3 is 4.57 Å². The lowest BCUT2D eigenvalue weighted by Crippen LogP contribution is -2.37. The van der Waals surface area contributed by atoms with Crippen LogP contribution in [0.5, 0.6) is 0 Å². The second-order valence-corrected chi connectivity index (χ2v) is 8.02. The number of fused-ring (bicyclic) bond motifs is 1. The van der Waals surface area contributed by atoms with Gasteiger partial charge in [-0.25, -0.2) is 9.67 Å². The average molecular weight is 390 g/mol. The SMILES string of the molecule is O=c1ccc(-c2cccnc2)nn1CC1CCCN1Cc1ncc2n1CCCC2. The van der Waals surface area contributed by atoms with Crippen molar-refractivity contribution in [3.8, 4) is 11.3 Å². The van der Waals surface area contributed by atoms with Gasteiger partial charge in [-0.15, -0.1) is 0 Å². The lowest BCUT2D eigenvalue weighted by atomic mass is 10.1. The molecule has 1 saturated heterocycles. The molecule has 1 atom stereocenters. The molecule has 0 spiro atoms. The van der Waals surface area contributed by atoms with E-state index in [4.69, 9.17) is 4.98 Å². The molecule has 0 bridgehead atoms. The van der Waals surface area contributed by atoms with Crippen LogP contribution < -0.4 is 5.56 Å². The van der Waals surface area contributed by atoms with Crippen LogP contribution in [0.2, 0.25) is 0 Å². The van der Waals surface area contributed by atoms with Gasteiger partial charge in [0, 0.05) is 48.5 Å². The summed E-state index contributed by atoms with van der Waals surface area (Å²) >= 11 is 0. The summed E-state index contributed by atoms with van der Waals surface area (Å²) in [4.78, 5) is 23.8. The van der Waals surface area contributed by atoms with Crippen LogP contribution in [0.25, 0.3) is 11.3 Å². The molecule has 0 radical (unpaired) electrons. The monoisotopic (exact) mass is 390 g/mol. The quantitative estimate of drug-likeness (QED) is 0.670. The topological polar surface area (TPSA) is 68.8 Å². The van der Waals surface area contributed by atoms with Crippen molar-refractivity contribution in [1.29, 1.82) is 0 Å². The van der Waals surface area contributed by atoms with Crippen LogP contribution in [0, 0.1) is 0 Å². The Kier molecular flexibility index (Phi) is 4.97. The fourth-order valence-electron chi connectivity index (χ4n) is 4.57. The fourth-order valence-corrected chi connectivity index (χ4v) is 4.57. The van der Waals surface area contributed by atoms with Crippen molar-refractivity contribution in [2.75, 3.05) is 6.54 Å². The maximum Gasteiger partial charge on any atom is 0.266 e. The second kappa shape index (κ2) is 7.91. The standard InChI is InChI=1S/C22H26N6O/c29-22-9-8-20(17-5-3-10-23-13-17)25-28(22)15-19-7-4-11-26(19)16-21-24-14-18-6-1-2-12-27(18)21/h3,5,8-10,13-14,19H,1-2,4,6-7,11-12,15-16H2. The van der Waals surface area contributed by atoms with Crippen molar-refractivity contribution in [2.24, 2.45) is 0 Å². The minimum Gasteiger partial charge on any atom is -0.331 e. The first-order valence-corrected chi connectivity index (χ1v) is 10.5. The molecule has 2 aliphatic heterocycles. The van der Waals surface area contributed by atoms with Crippen LogP contribution in [-0.2, 0) is 26.1 Å². The molecule has 5 rings (SSSR count). The highest BCUT2D eigenvalue weighted by Crippen LogP contribution is 2.23. The number of rotatable bonds is 5. The fraction of sp³-hybridized carbons (Fsp3) is 0.455. The molecule has 0 N–H and O–H groups in total. The predicted molar refractivity (Wildman–Crippen MR) is 110 cm³/mol. The summed E-state index contributed by atoms with van der Waals surface area (Å²) < 4.78 is 4.01. The molecule has 0 aromatic carbocycles. The van der Waals surface area contributed by atoms with E-state index in [9.17, 15) is 4.79 Å². The van der Waals surface area contributed by atoms with Crippen molar-refractivity contribution in [3.05, 3.63) is 64.7 Å². The van der Waals surface area contributed by atoms with Crippen LogP contribution in [-0.4, -0.2) is 41.8 Å². The van der Waals surface area contributed by atoms with Gasteiger partial charge in [-0.3, -0.25) is 14.7 Å². The Morgan fingerprint density at radius 1 is 1.07 bits per heavy atom. The van der Waals surface area contributed by atoms with Gasteiger partial charge >= 0.3 is 0 Å². The lowest BCUT2D eigenvalue weighted by molar-refractivity contribution is 0.208. The summed E-state index contributed by atoms with van der Waals surface area (Å²) in [6, 6.07) is 7.54. The molecule has 7 heteroatoms. The summed E-state index contributed by atoms with van der Waals surface area (Å²) in [5.74, 6) is 1.16. The van der Waals surface area contributed by atoms with Crippen molar-refractivity contribution in [1.82, 2.24) is 29.2 Å². The van der Waals surface area contributed by atoms with Gasteiger partial charge in [0.15, 0.2) is 0 Å². The van der Waals surface area contributed by atoms with E-state index in [1.807, 2.05) is 18.3 Å². The largest absolute Gasteiger partial charge is 0.331 e. The van der Waals surface area contributed by atoms with E-state index in [1.165, 1.54) is 18.5 Å². The Morgan fingerprint density at radius 3 is 2.93 bits per heavy atom. The summed E-state index contributed by atoms with van der Waals surface area (Å²) in [7, 11) is 0. The van der Waals surface area contributed by atoms with Gasteiger partial charge in [0.2, 0.25) is 0 Å². The Morgan fingerprint density at radius 2 is 2.03 bits per heavy atom. The number of aromatic nitrogens is 5. The van der Waals surface area contributed by atoms with Crippen molar-refractivity contribution in [2.45, 2.75) is 57.8 Å². The van der Waals surface area contributed by atoms with Crippen LogP contribution in [0.15, 0.2) is 47.7 Å². The zero-order chi connectivity index (χ0) is 19.6. The molecule has 3 aromatic heterocycles. The maximum atomic E-state index is 12.5. The van der Waals surface area contributed by atoms with E-state index < -0.39 is 0 Å². The van der Waals surface area contributed by atoms with Crippen LogP contribution in [0.3, 0.4) is 0 Å². The normalized spacial score (nSPS) is 19.4. The Hall–Kier alpha value is -2.80. The third-order valence-corrected chi connectivity index (χ3v) is 6.14. The van der Waals surface area contributed by atoms with Gasteiger partial charge in [-0.1, -0.05) is 0 Å². The summed E-state index contributed by atoms with van der Waals surface area (Å²) in [5, 5.41) is 4.62. The van der Waals surface area contributed by atoms with E-state index in [2.05, 4.69) is 19.5 Å². The molecule has 1 unspecified atom stereocenters. The Balaban J connectivity index is 1.35. The van der Waals surface area contributed by atoms with Crippen LogP contribution in [0.4, 0.5) is 0 Å². The minimum absolute atomic E-state index is 0.0531. The van der Waals surface area contributed by atoms with E-state index in [0.29, 0.717) is 12.6 Å². The molecule has 1 fully saturated rings. The highest BCUT2D eigenvalue weighted by atomic mass is 16.1. The van der Waals surface area contributed by atoms with Crippen molar-refractivity contribution < 1.29 is 0 Å². The molecule has 150 valence electrons. The first-order chi connectivity index (χ1) is 14.3. The molecule has 3 aromatic rings. The minimum atomic E-state index is -0.0531. The molecule has 0 saturated carbocycles. The molecule has 0 amide bonds. The highest BCUT2D eigenvalue weighted by Gasteiger charge is 2.27. The maximum absolute atomic E-state index is 12.5. The third kappa shape index (κ3) is 3.74.